The highest BCUT2D eigenvalue weighted by atomic mass is 35.5. The Morgan fingerprint density at radius 1 is 1.45 bits per heavy atom. The van der Waals surface area contributed by atoms with Crippen LogP contribution in [0.15, 0.2) is 24.3 Å². The van der Waals surface area contributed by atoms with E-state index in [2.05, 4.69) is 6.07 Å². The third-order valence-electron chi connectivity index (χ3n) is 3.47. The first-order valence-electron chi connectivity index (χ1n) is 6.52. The Labute approximate surface area is 129 Å². The van der Waals surface area contributed by atoms with Crippen LogP contribution in [0.4, 0.5) is 0 Å². The van der Waals surface area contributed by atoms with Crippen LogP contribution < -0.4 is 0 Å². The molecule has 1 fully saturated rings. The lowest BCUT2D eigenvalue weighted by molar-refractivity contribution is -0.135. The Balaban J connectivity index is 2.10. The van der Waals surface area contributed by atoms with Crippen LogP contribution in [0.5, 0.6) is 0 Å². The molecule has 20 heavy (non-hydrogen) atoms. The van der Waals surface area contributed by atoms with Gasteiger partial charge in [-0.3, -0.25) is 4.79 Å². The maximum Gasteiger partial charge on any atom is 0.229 e. The fourth-order valence-corrected chi connectivity index (χ4v) is 2.57. The predicted molar refractivity (Wildman–Crippen MR) is 79.4 cm³/mol. The van der Waals surface area contributed by atoms with Gasteiger partial charge in [-0.15, -0.1) is 23.2 Å². The van der Waals surface area contributed by atoms with Crippen LogP contribution in [0.1, 0.15) is 31.4 Å². The van der Waals surface area contributed by atoms with Gasteiger partial charge in [-0.1, -0.05) is 12.1 Å². The number of rotatable bonds is 4. The van der Waals surface area contributed by atoms with Gasteiger partial charge in [0.05, 0.1) is 17.6 Å². The summed E-state index contributed by atoms with van der Waals surface area (Å²) in [4.78, 5) is 14.2. The van der Waals surface area contributed by atoms with E-state index < -0.39 is 4.33 Å². The Hall–Kier alpha value is -1.24. The lowest BCUT2D eigenvalue weighted by atomic mass is 10.1. The van der Waals surface area contributed by atoms with Gasteiger partial charge in [0.25, 0.3) is 0 Å². The van der Waals surface area contributed by atoms with Crippen molar-refractivity contribution in [2.75, 3.05) is 0 Å². The number of halogens is 2. The number of hydrogen-bond acceptors (Lipinski definition) is 2. The van der Waals surface area contributed by atoms with E-state index in [9.17, 15) is 4.79 Å². The van der Waals surface area contributed by atoms with E-state index in [0.29, 0.717) is 18.5 Å². The second-order valence-electron chi connectivity index (χ2n) is 5.39. The average Bonchev–Trinajstić information content (AvgIpc) is 3.04. The van der Waals surface area contributed by atoms with E-state index in [-0.39, 0.29) is 17.9 Å². The summed E-state index contributed by atoms with van der Waals surface area (Å²) in [6.45, 7) is 4.44. The molecule has 1 aromatic rings. The number of carbonyl (C=O) groups excluding carboxylic acids is 1. The molecule has 106 valence electrons. The van der Waals surface area contributed by atoms with Crippen LogP contribution >= 0.6 is 23.2 Å². The molecule has 1 amide bonds. The Kier molecular flexibility index (Phi) is 4.27. The van der Waals surface area contributed by atoms with Gasteiger partial charge in [-0.2, -0.15) is 5.26 Å². The van der Waals surface area contributed by atoms with Crippen molar-refractivity contribution < 1.29 is 4.79 Å². The summed E-state index contributed by atoms with van der Waals surface area (Å²) in [6, 6.07) is 9.38. The molecule has 1 aliphatic carbocycles. The molecule has 5 heteroatoms. The van der Waals surface area contributed by atoms with Crippen molar-refractivity contribution >= 4 is 29.1 Å². The van der Waals surface area contributed by atoms with E-state index in [4.69, 9.17) is 28.5 Å². The zero-order valence-electron chi connectivity index (χ0n) is 11.4. The summed E-state index contributed by atoms with van der Waals surface area (Å²) in [5.74, 6) is -0.305. The quantitative estimate of drug-likeness (QED) is 0.799. The smallest absolute Gasteiger partial charge is 0.229 e. The molecule has 3 nitrogen and oxygen atoms in total. The van der Waals surface area contributed by atoms with E-state index in [1.807, 2.05) is 26.0 Å². The van der Waals surface area contributed by atoms with Crippen molar-refractivity contribution in [3.05, 3.63) is 35.4 Å². The summed E-state index contributed by atoms with van der Waals surface area (Å²) >= 11 is 12.0. The van der Waals surface area contributed by atoms with Crippen LogP contribution in [-0.2, 0) is 11.3 Å². The van der Waals surface area contributed by atoms with E-state index >= 15 is 0 Å². The van der Waals surface area contributed by atoms with Gasteiger partial charge in [0.2, 0.25) is 5.91 Å². The first-order chi connectivity index (χ1) is 9.35. The molecule has 1 saturated carbocycles. The second-order valence-corrected chi connectivity index (χ2v) is 6.93. The number of amides is 1. The first kappa shape index (κ1) is 15.2. The second kappa shape index (κ2) is 5.63. The molecule has 1 unspecified atom stereocenters. The largest absolute Gasteiger partial charge is 0.336 e. The molecule has 2 rings (SSSR count). The SMILES string of the molecule is CC(C)N(Cc1ccc(C#N)cc1)C(=O)C1CC1(Cl)Cl. The number of hydrogen-bond donors (Lipinski definition) is 0. The van der Waals surface area contributed by atoms with E-state index in [0.717, 1.165) is 5.56 Å². The van der Waals surface area contributed by atoms with Crippen molar-refractivity contribution in [2.24, 2.45) is 5.92 Å². The molecular formula is C15H16Cl2N2O. The average molecular weight is 311 g/mol. The van der Waals surface area contributed by atoms with Gasteiger partial charge in [0.15, 0.2) is 0 Å². The fraction of sp³-hybridized carbons (Fsp3) is 0.467. The van der Waals surface area contributed by atoms with Gasteiger partial charge >= 0.3 is 0 Å². The maximum atomic E-state index is 12.4. The minimum Gasteiger partial charge on any atom is -0.336 e. The van der Waals surface area contributed by atoms with Gasteiger partial charge in [-0.25, -0.2) is 0 Å². The van der Waals surface area contributed by atoms with Gasteiger partial charge in [0, 0.05) is 12.6 Å². The van der Waals surface area contributed by atoms with Gasteiger partial charge in [0.1, 0.15) is 4.33 Å². The number of nitriles is 1. The predicted octanol–water partition coefficient (Wildman–Crippen LogP) is 3.49. The Bertz CT molecular complexity index is 546. The molecule has 0 N–H and O–H groups in total. The topological polar surface area (TPSA) is 44.1 Å². The van der Waals surface area contributed by atoms with Crippen LogP contribution in [0, 0.1) is 17.2 Å². The number of benzene rings is 1. The molecule has 0 spiro atoms. The van der Waals surface area contributed by atoms with Gasteiger partial charge in [-0.05, 0) is 38.0 Å². The van der Waals surface area contributed by atoms with Crippen LogP contribution in [0.2, 0.25) is 0 Å². The monoisotopic (exact) mass is 310 g/mol. The lowest BCUT2D eigenvalue weighted by Gasteiger charge is -2.27. The van der Waals surface area contributed by atoms with Gasteiger partial charge < -0.3 is 4.90 Å². The minimum absolute atomic E-state index is 0.00522. The molecule has 0 radical (unpaired) electrons. The lowest BCUT2D eigenvalue weighted by Crippen LogP contribution is -2.38. The van der Waals surface area contributed by atoms with Crippen molar-refractivity contribution in [3.63, 3.8) is 0 Å². The Morgan fingerprint density at radius 3 is 2.40 bits per heavy atom. The summed E-state index contributed by atoms with van der Waals surface area (Å²) in [7, 11) is 0. The molecule has 1 atom stereocenters. The van der Waals surface area contributed by atoms with Crippen LogP contribution in [0.25, 0.3) is 0 Å². The molecule has 1 aliphatic rings. The standard InChI is InChI=1S/C15H16Cl2N2O/c1-10(2)19(14(20)13-7-15(13,16)17)9-12-5-3-11(8-18)4-6-12/h3-6,10,13H,7,9H2,1-2H3. The summed E-state index contributed by atoms with van der Waals surface area (Å²) in [6.07, 6.45) is 0.519. The highest BCUT2D eigenvalue weighted by molar-refractivity contribution is 6.52. The zero-order chi connectivity index (χ0) is 14.9. The molecule has 0 saturated heterocycles. The first-order valence-corrected chi connectivity index (χ1v) is 7.28. The van der Waals surface area contributed by atoms with E-state index in [1.54, 1.807) is 17.0 Å². The fourth-order valence-electron chi connectivity index (χ4n) is 2.08. The highest BCUT2D eigenvalue weighted by Crippen LogP contribution is 2.54. The molecule has 0 aliphatic heterocycles. The molecular weight excluding hydrogens is 295 g/mol. The summed E-state index contributed by atoms with van der Waals surface area (Å²) in [5.41, 5.74) is 1.60. The van der Waals surface area contributed by atoms with Crippen LogP contribution in [-0.4, -0.2) is 21.2 Å². The van der Waals surface area contributed by atoms with Crippen molar-refractivity contribution in [1.82, 2.24) is 4.90 Å². The zero-order valence-corrected chi connectivity index (χ0v) is 12.9. The maximum absolute atomic E-state index is 12.4. The van der Waals surface area contributed by atoms with Crippen LogP contribution in [0.3, 0.4) is 0 Å². The summed E-state index contributed by atoms with van der Waals surface area (Å²) < 4.78 is -0.894. The highest BCUT2D eigenvalue weighted by Gasteiger charge is 2.57. The third kappa shape index (κ3) is 3.26. The number of alkyl halides is 2. The molecule has 0 heterocycles. The number of nitrogens with zero attached hydrogens (tertiary/aromatic N) is 2. The summed E-state index contributed by atoms with van der Waals surface area (Å²) in [5, 5.41) is 8.78. The van der Waals surface area contributed by atoms with Crippen molar-refractivity contribution in [3.8, 4) is 6.07 Å². The molecule has 0 aromatic heterocycles. The third-order valence-corrected chi connectivity index (χ3v) is 4.30. The number of carbonyl (C=O) groups is 1. The van der Waals surface area contributed by atoms with Crippen molar-refractivity contribution in [1.29, 1.82) is 5.26 Å². The van der Waals surface area contributed by atoms with E-state index in [1.165, 1.54) is 0 Å². The van der Waals surface area contributed by atoms with Crippen molar-refractivity contribution in [2.45, 2.75) is 37.2 Å². The Morgan fingerprint density at radius 2 is 2.00 bits per heavy atom. The minimum atomic E-state index is -0.894. The molecule has 0 bridgehead atoms. The molecule has 1 aromatic carbocycles. The normalized spacial score (nSPS) is 19.5.